The summed E-state index contributed by atoms with van der Waals surface area (Å²) in [4.78, 5) is 25.7. The topological polar surface area (TPSA) is 78.5 Å². The molecule has 2 aromatic carbocycles. The van der Waals surface area contributed by atoms with Crippen molar-refractivity contribution in [3.8, 4) is 0 Å². The average molecular weight is 420 g/mol. The molecule has 0 amide bonds. The number of allylic oxidation sites excluding steroid dienone is 1. The van der Waals surface area contributed by atoms with Crippen molar-refractivity contribution in [2.24, 2.45) is 0 Å². The number of hydrogen-bond acceptors (Lipinski definition) is 6. The molecule has 0 saturated carbocycles. The van der Waals surface area contributed by atoms with Gasteiger partial charge in [0, 0.05) is 6.54 Å². The van der Waals surface area contributed by atoms with Gasteiger partial charge in [0.2, 0.25) is 5.78 Å². The van der Waals surface area contributed by atoms with Gasteiger partial charge in [-0.1, -0.05) is 60.3 Å². The molecule has 4 rings (SSSR count). The number of fused-ring (bicyclic) bond motifs is 3. The highest BCUT2D eigenvalue weighted by Gasteiger charge is 2.27. The molecule has 4 aromatic rings. The number of ether oxygens (including phenoxy) is 1. The fourth-order valence-electron chi connectivity index (χ4n) is 3.31. The van der Waals surface area contributed by atoms with Gasteiger partial charge in [-0.3, -0.25) is 18.6 Å². The van der Waals surface area contributed by atoms with Crippen molar-refractivity contribution < 1.29 is 9.53 Å². The third-order valence-electron chi connectivity index (χ3n) is 4.62. The first-order valence-corrected chi connectivity index (χ1v) is 10.4. The first-order valence-electron chi connectivity index (χ1n) is 9.51. The molecule has 0 saturated heterocycles. The van der Waals surface area contributed by atoms with Crippen LogP contribution in [0.5, 0.6) is 0 Å². The first kappa shape index (κ1) is 19.9. The number of nitrogens with zero attached hydrogens (tertiary/aromatic N) is 4. The van der Waals surface area contributed by atoms with Gasteiger partial charge in [0.05, 0.1) is 17.5 Å². The van der Waals surface area contributed by atoms with Crippen molar-refractivity contribution in [1.29, 1.82) is 0 Å². The summed E-state index contributed by atoms with van der Waals surface area (Å²) in [7, 11) is 0. The molecule has 152 valence electrons. The molecule has 8 heteroatoms. The lowest BCUT2D eigenvalue weighted by Crippen LogP contribution is -2.23. The van der Waals surface area contributed by atoms with Crippen LogP contribution in [0.2, 0.25) is 0 Å². The van der Waals surface area contributed by atoms with E-state index in [1.165, 1.54) is 16.3 Å². The zero-order valence-electron chi connectivity index (χ0n) is 16.4. The smallest absolute Gasteiger partial charge is 0.324 e. The third kappa shape index (κ3) is 3.50. The summed E-state index contributed by atoms with van der Waals surface area (Å²) in [5.74, 6) is 0.0472. The molecule has 2 aromatic heterocycles. The first-order chi connectivity index (χ1) is 14.7. The van der Waals surface area contributed by atoms with Gasteiger partial charge < -0.3 is 4.74 Å². The Morgan fingerprint density at radius 2 is 1.90 bits per heavy atom. The van der Waals surface area contributed by atoms with E-state index in [1.54, 1.807) is 23.5 Å². The number of aromatic nitrogens is 4. The second kappa shape index (κ2) is 8.54. The maximum Gasteiger partial charge on any atom is 0.324 e. The highest BCUT2D eigenvalue weighted by Crippen LogP contribution is 2.36. The molecule has 30 heavy (non-hydrogen) atoms. The van der Waals surface area contributed by atoms with Crippen molar-refractivity contribution in [2.45, 2.75) is 23.9 Å². The monoisotopic (exact) mass is 420 g/mol. The van der Waals surface area contributed by atoms with Crippen molar-refractivity contribution in [3.63, 3.8) is 0 Å². The highest BCUT2D eigenvalue weighted by molar-refractivity contribution is 8.00. The molecule has 0 bridgehead atoms. The Bertz CT molecular complexity index is 1280. The van der Waals surface area contributed by atoms with Gasteiger partial charge >= 0.3 is 5.97 Å². The minimum absolute atomic E-state index is 0.160. The fourth-order valence-corrected chi connectivity index (χ4v) is 4.35. The maximum atomic E-state index is 12.9. The lowest BCUT2D eigenvalue weighted by atomic mass is 10.1. The largest absolute Gasteiger partial charge is 0.465 e. The number of hydrogen-bond donors (Lipinski definition) is 0. The number of benzene rings is 2. The van der Waals surface area contributed by atoms with Gasteiger partial charge in [0.1, 0.15) is 5.25 Å². The Kier molecular flexibility index (Phi) is 5.67. The zero-order chi connectivity index (χ0) is 21.1. The quantitative estimate of drug-likeness (QED) is 0.258. The van der Waals surface area contributed by atoms with Gasteiger partial charge in [-0.25, -0.2) is 0 Å². The van der Waals surface area contributed by atoms with E-state index in [0.29, 0.717) is 28.4 Å². The molecule has 0 spiro atoms. The van der Waals surface area contributed by atoms with Crippen LogP contribution >= 0.6 is 11.8 Å². The van der Waals surface area contributed by atoms with E-state index < -0.39 is 5.25 Å². The van der Waals surface area contributed by atoms with Gasteiger partial charge in [0.25, 0.3) is 5.56 Å². The van der Waals surface area contributed by atoms with E-state index >= 15 is 0 Å². The van der Waals surface area contributed by atoms with Crippen LogP contribution in [0.3, 0.4) is 0 Å². The standard InChI is InChI=1S/C22H20N4O3S/c1-3-14-25-19(27)16-12-8-9-13-17(16)26-21(25)23-24-22(26)30-18(20(28)29-4-2)15-10-6-5-7-11-15/h3,5-13,18H,1,4,14H2,2H3. The van der Waals surface area contributed by atoms with Crippen LogP contribution in [-0.4, -0.2) is 31.7 Å². The summed E-state index contributed by atoms with van der Waals surface area (Å²) >= 11 is 1.25. The van der Waals surface area contributed by atoms with Crippen LogP contribution in [0, 0.1) is 0 Å². The fraction of sp³-hybridized carbons (Fsp3) is 0.182. The maximum absolute atomic E-state index is 12.9. The Labute approximate surface area is 177 Å². The van der Waals surface area contributed by atoms with Gasteiger partial charge in [0.15, 0.2) is 5.16 Å². The molecule has 0 aliphatic rings. The normalized spacial score (nSPS) is 12.2. The summed E-state index contributed by atoms with van der Waals surface area (Å²) in [6, 6.07) is 16.7. The number of para-hydroxylation sites is 1. The average Bonchev–Trinajstić information content (AvgIpc) is 3.19. The number of esters is 1. The van der Waals surface area contributed by atoms with E-state index in [2.05, 4.69) is 16.8 Å². The number of carbonyl (C=O) groups is 1. The van der Waals surface area contributed by atoms with Crippen LogP contribution in [0.15, 0.2) is 77.2 Å². The van der Waals surface area contributed by atoms with Crippen LogP contribution in [0.25, 0.3) is 16.7 Å². The van der Waals surface area contributed by atoms with Crippen molar-refractivity contribution >= 4 is 34.4 Å². The Balaban J connectivity index is 1.91. The van der Waals surface area contributed by atoms with Crippen LogP contribution in [-0.2, 0) is 16.1 Å². The molecule has 0 aliphatic heterocycles. The Hall–Kier alpha value is -3.39. The molecule has 0 radical (unpaired) electrons. The summed E-state index contributed by atoms with van der Waals surface area (Å²) in [5.41, 5.74) is 1.33. The summed E-state index contributed by atoms with van der Waals surface area (Å²) in [6.07, 6.45) is 1.64. The van der Waals surface area contributed by atoms with Crippen molar-refractivity contribution in [3.05, 3.63) is 83.2 Å². The summed E-state index contributed by atoms with van der Waals surface area (Å²) < 4.78 is 8.63. The molecule has 2 heterocycles. The molecular formula is C22H20N4O3S. The number of carbonyl (C=O) groups excluding carboxylic acids is 1. The predicted octanol–water partition coefficient (Wildman–Crippen LogP) is 3.63. The van der Waals surface area contributed by atoms with E-state index in [0.717, 1.165) is 5.56 Å². The number of thioether (sulfide) groups is 1. The Morgan fingerprint density at radius 1 is 1.17 bits per heavy atom. The zero-order valence-corrected chi connectivity index (χ0v) is 17.2. The predicted molar refractivity (Wildman–Crippen MR) is 117 cm³/mol. The van der Waals surface area contributed by atoms with Crippen molar-refractivity contribution in [1.82, 2.24) is 19.2 Å². The van der Waals surface area contributed by atoms with Gasteiger partial charge in [-0.2, -0.15) is 0 Å². The van der Waals surface area contributed by atoms with Crippen LogP contribution in [0.4, 0.5) is 0 Å². The SMILES string of the molecule is C=CCn1c(=O)c2ccccc2n2c(SC(C(=O)OCC)c3ccccc3)nnc12. The lowest BCUT2D eigenvalue weighted by Gasteiger charge is -2.15. The third-order valence-corrected chi connectivity index (χ3v) is 5.79. The minimum atomic E-state index is -0.614. The molecule has 0 fully saturated rings. The Morgan fingerprint density at radius 3 is 2.63 bits per heavy atom. The van der Waals surface area contributed by atoms with E-state index in [9.17, 15) is 9.59 Å². The second-order valence-electron chi connectivity index (χ2n) is 6.50. The molecule has 0 N–H and O–H groups in total. The van der Waals surface area contributed by atoms with Crippen LogP contribution < -0.4 is 5.56 Å². The lowest BCUT2D eigenvalue weighted by molar-refractivity contribution is -0.142. The second-order valence-corrected chi connectivity index (χ2v) is 7.57. The van der Waals surface area contributed by atoms with E-state index in [-0.39, 0.29) is 18.1 Å². The molecular weight excluding hydrogens is 400 g/mol. The summed E-state index contributed by atoms with van der Waals surface area (Å²) in [6.45, 7) is 6.10. The number of rotatable bonds is 7. The van der Waals surface area contributed by atoms with Crippen LogP contribution in [0.1, 0.15) is 17.7 Å². The van der Waals surface area contributed by atoms with Gasteiger partial charge in [-0.15, -0.1) is 16.8 Å². The summed E-state index contributed by atoms with van der Waals surface area (Å²) in [5, 5.41) is 9.00. The van der Waals surface area contributed by atoms with Gasteiger partial charge in [-0.05, 0) is 24.6 Å². The molecule has 1 unspecified atom stereocenters. The molecule has 0 aliphatic carbocycles. The molecule has 1 atom stereocenters. The highest BCUT2D eigenvalue weighted by atomic mass is 32.2. The molecule has 7 nitrogen and oxygen atoms in total. The van der Waals surface area contributed by atoms with E-state index in [1.807, 2.05) is 48.5 Å². The van der Waals surface area contributed by atoms with Crippen molar-refractivity contribution in [2.75, 3.05) is 6.61 Å². The van der Waals surface area contributed by atoms with E-state index in [4.69, 9.17) is 4.74 Å². The minimum Gasteiger partial charge on any atom is -0.465 e.